The average Bonchev–Trinajstić information content (AvgIpc) is 2.72. The molecule has 0 heterocycles. The lowest BCUT2D eigenvalue weighted by atomic mass is 9.95. The minimum absolute atomic E-state index is 0.857. The highest BCUT2D eigenvalue weighted by Crippen LogP contribution is 2.19. The Labute approximate surface area is 186 Å². The van der Waals surface area contributed by atoms with Crippen molar-refractivity contribution in [2.75, 3.05) is 0 Å². The first-order chi connectivity index (χ1) is 14.2. The topological polar surface area (TPSA) is 0 Å². The lowest BCUT2D eigenvalue weighted by Crippen LogP contribution is -1.95. The summed E-state index contributed by atoms with van der Waals surface area (Å²) >= 11 is 0. The molecule has 0 aliphatic heterocycles. The second-order valence-corrected chi connectivity index (χ2v) is 9.73. The van der Waals surface area contributed by atoms with Crippen LogP contribution in [0.5, 0.6) is 0 Å². The zero-order valence-corrected chi connectivity index (χ0v) is 20.6. The van der Waals surface area contributed by atoms with Crippen LogP contribution in [-0.2, 0) is 0 Å². The molecule has 0 saturated carbocycles. The van der Waals surface area contributed by atoms with Gasteiger partial charge in [0.25, 0.3) is 0 Å². The third-order valence-corrected chi connectivity index (χ3v) is 6.42. The van der Waals surface area contributed by atoms with Crippen molar-refractivity contribution in [1.82, 2.24) is 0 Å². The zero-order chi connectivity index (χ0) is 21.4. The zero-order valence-electron chi connectivity index (χ0n) is 20.6. The summed E-state index contributed by atoms with van der Waals surface area (Å²) in [6, 6.07) is 0. The minimum Gasteiger partial charge on any atom is -0.0885 e. The van der Waals surface area contributed by atoms with Crippen molar-refractivity contribution >= 4 is 0 Å². The summed E-state index contributed by atoms with van der Waals surface area (Å²) in [5.74, 6) is 1.81. The van der Waals surface area contributed by atoms with E-state index in [0.29, 0.717) is 0 Å². The molecule has 0 aliphatic carbocycles. The van der Waals surface area contributed by atoms with Gasteiger partial charge in [0.1, 0.15) is 0 Å². The molecule has 0 amide bonds. The summed E-state index contributed by atoms with van der Waals surface area (Å²) in [6.07, 6.45) is 33.7. The molecule has 0 rings (SSSR count). The van der Waals surface area contributed by atoms with Gasteiger partial charge < -0.3 is 0 Å². The molecule has 2 radical (unpaired) electrons. The van der Waals surface area contributed by atoms with E-state index in [4.69, 9.17) is 0 Å². The normalized spacial score (nSPS) is 13.9. The predicted molar refractivity (Wildman–Crippen MR) is 135 cm³/mol. The number of unbranched alkanes of at least 4 members (excludes halogenated alkanes) is 14. The van der Waals surface area contributed by atoms with E-state index in [2.05, 4.69) is 39.8 Å². The Morgan fingerprint density at radius 1 is 0.483 bits per heavy atom. The maximum Gasteiger partial charge on any atom is -0.0325 e. The van der Waals surface area contributed by atoms with Gasteiger partial charge in [0.05, 0.1) is 0 Å². The number of hydrogen-bond acceptors (Lipinski definition) is 0. The van der Waals surface area contributed by atoms with Crippen LogP contribution in [-0.4, -0.2) is 0 Å². The molecule has 0 aromatic carbocycles. The molecule has 0 aromatic heterocycles. The SMILES string of the molecule is [CH2]CCC=CCC(C)CCCCCCCCC(C)CCCCCCCCCC[CH2]. The molecule has 0 aromatic rings. The molecular formula is C29H56. The van der Waals surface area contributed by atoms with E-state index < -0.39 is 0 Å². The Morgan fingerprint density at radius 2 is 0.897 bits per heavy atom. The van der Waals surface area contributed by atoms with Crippen LogP contribution in [0.15, 0.2) is 12.2 Å². The van der Waals surface area contributed by atoms with Gasteiger partial charge in [-0.15, -0.1) is 0 Å². The Morgan fingerprint density at radius 3 is 1.34 bits per heavy atom. The molecule has 0 fully saturated rings. The van der Waals surface area contributed by atoms with E-state index in [0.717, 1.165) is 31.1 Å². The predicted octanol–water partition coefficient (Wildman–Crippen LogP) is 10.7. The molecule has 0 bridgehead atoms. The number of hydrogen-bond donors (Lipinski definition) is 0. The lowest BCUT2D eigenvalue weighted by Gasteiger charge is -2.11. The molecular weight excluding hydrogens is 348 g/mol. The largest absolute Gasteiger partial charge is 0.0885 e. The lowest BCUT2D eigenvalue weighted by molar-refractivity contribution is 0.428. The fourth-order valence-corrected chi connectivity index (χ4v) is 4.25. The van der Waals surface area contributed by atoms with Crippen LogP contribution in [0.1, 0.15) is 149 Å². The van der Waals surface area contributed by atoms with E-state index in [1.54, 1.807) is 0 Å². The molecule has 0 spiro atoms. The molecule has 0 saturated heterocycles. The summed E-state index contributed by atoms with van der Waals surface area (Å²) in [7, 11) is 0. The molecule has 0 nitrogen and oxygen atoms in total. The van der Waals surface area contributed by atoms with Gasteiger partial charge in [0, 0.05) is 0 Å². The first-order valence-electron chi connectivity index (χ1n) is 13.4. The number of allylic oxidation sites excluding steroid dienone is 2. The van der Waals surface area contributed by atoms with Crippen LogP contribution in [0.25, 0.3) is 0 Å². The van der Waals surface area contributed by atoms with Gasteiger partial charge in [-0.05, 0) is 31.1 Å². The fraction of sp³-hybridized carbons (Fsp3) is 0.862. The maximum atomic E-state index is 3.92. The molecule has 0 heteroatoms. The smallest absolute Gasteiger partial charge is 0.0325 e. The van der Waals surface area contributed by atoms with E-state index in [1.165, 1.54) is 116 Å². The van der Waals surface area contributed by atoms with Crippen LogP contribution in [0, 0.1) is 25.7 Å². The third kappa shape index (κ3) is 23.9. The molecule has 172 valence electrons. The fourth-order valence-electron chi connectivity index (χ4n) is 4.25. The van der Waals surface area contributed by atoms with Gasteiger partial charge in [-0.25, -0.2) is 0 Å². The molecule has 0 N–H and O–H groups in total. The van der Waals surface area contributed by atoms with Crippen molar-refractivity contribution in [1.29, 1.82) is 0 Å². The second kappa shape index (κ2) is 24.0. The van der Waals surface area contributed by atoms with Gasteiger partial charge in [-0.3, -0.25) is 0 Å². The highest BCUT2D eigenvalue weighted by atomic mass is 14.1. The van der Waals surface area contributed by atoms with Crippen molar-refractivity contribution in [2.24, 2.45) is 11.8 Å². The van der Waals surface area contributed by atoms with Gasteiger partial charge >= 0.3 is 0 Å². The molecule has 29 heavy (non-hydrogen) atoms. The highest BCUT2D eigenvalue weighted by Gasteiger charge is 2.03. The third-order valence-electron chi connectivity index (χ3n) is 6.42. The van der Waals surface area contributed by atoms with E-state index in [-0.39, 0.29) is 0 Å². The molecule has 0 aliphatic rings. The standard InChI is InChI=1S/C29H56/c1-5-7-9-11-12-13-14-17-21-26-29(4)27-23-19-16-15-18-22-25-28(3)24-20-10-8-6-2/h10,20,28-29H,1-2,5-9,11-19,21-27H2,3-4H3. The van der Waals surface area contributed by atoms with Crippen LogP contribution >= 0.6 is 0 Å². The maximum absolute atomic E-state index is 3.92. The molecule has 2 unspecified atom stereocenters. The van der Waals surface area contributed by atoms with Crippen molar-refractivity contribution in [3.8, 4) is 0 Å². The van der Waals surface area contributed by atoms with E-state index in [9.17, 15) is 0 Å². The quantitative estimate of drug-likeness (QED) is 0.117. The van der Waals surface area contributed by atoms with E-state index in [1.807, 2.05) is 0 Å². The van der Waals surface area contributed by atoms with Gasteiger partial charge in [0.15, 0.2) is 0 Å². The van der Waals surface area contributed by atoms with Crippen LogP contribution in [0.3, 0.4) is 0 Å². The van der Waals surface area contributed by atoms with Crippen LogP contribution in [0.4, 0.5) is 0 Å². The van der Waals surface area contributed by atoms with E-state index >= 15 is 0 Å². The second-order valence-electron chi connectivity index (χ2n) is 9.73. The monoisotopic (exact) mass is 404 g/mol. The van der Waals surface area contributed by atoms with Gasteiger partial charge in [-0.1, -0.05) is 155 Å². The Bertz CT molecular complexity index is 316. The van der Waals surface area contributed by atoms with Gasteiger partial charge in [0.2, 0.25) is 0 Å². The average molecular weight is 405 g/mol. The Kier molecular flexibility index (Phi) is 23.8. The summed E-state index contributed by atoms with van der Waals surface area (Å²) in [4.78, 5) is 0. The van der Waals surface area contributed by atoms with Gasteiger partial charge in [-0.2, -0.15) is 0 Å². The minimum atomic E-state index is 0.857. The summed E-state index contributed by atoms with van der Waals surface area (Å²) in [6.45, 7) is 12.7. The molecule has 2 atom stereocenters. The summed E-state index contributed by atoms with van der Waals surface area (Å²) in [5.41, 5.74) is 0. The van der Waals surface area contributed by atoms with Crippen LogP contribution < -0.4 is 0 Å². The van der Waals surface area contributed by atoms with Crippen molar-refractivity contribution in [2.45, 2.75) is 149 Å². The summed E-state index contributed by atoms with van der Waals surface area (Å²) < 4.78 is 0. The number of rotatable bonds is 23. The highest BCUT2D eigenvalue weighted by molar-refractivity contribution is 4.83. The van der Waals surface area contributed by atoms with Crippen molar-refractivity contribution in [3.63, 3.8) is 0 Å². The van der Waals surface area contributed by atoms with Crippen molar-refractivity contribution < 1.29 is 0 Å². The summed E-state index contributed by atoms with van der Waals surface area (Å²) in [5, 5.41) is 0. The Hall–Kier alpha value is -0.260. The van der Waals surface area contributed by atoms with Crippen LogP contribution in [0.2, 0.25) is 0 Å². The first kappa shape index (κ1) is 28.7. The Balaban J connectivity index is 3.26. The first-order valence-corrected chi connectivity index (χ1v) is 13.4. The van der Waals surface area contributed by atoms with Crippen molar-refractivity contribution in [3.05, 3.63) is 26.0 Å².